The van der Waals surface area contributed by atoms with Crippen molar-refractivity contribution in [3.8, 4) is 0 Å². The lowest BCUT2D eigenvalue weighted by atomic mass is 9.97. The van der Waals surface area contributed by atoms with Crippen molar-refractivity contribution in [1.29, 1.82) is 0 Å². The Hall–Kier alpha value is -2.34. The number of benzene rings is 1. The Morgan fingerprint density at radius 1 is 1.24 bits per heavy atom. The summed E-state index contributed by atoms with van der Waals surface area (Å²) in [4.78, 5) is 27.1. The number of nitrogens with one attached hydrogen (secondary N) is 2. The molecule has 1 aromatic carbocycles. The van der Waals surface area contributed by atoms with Crippen LogP contribution in [0, 0.1) is 19.8 Å². The van der Waals surface area contributed by atoms with Gasteiger partial charge in [-0.3, -0.25) is 9.59 Å². The Kier molecular flexibility index (Phi) is 5.90. The molecule has 6 heteroatoms. The van der Waals surface area contributed by atoms with E-state index in [0.29, 0.717) is 25.4 Å². The first kappa shape index (κ1) is 20.0. The molecule has 0 radical (unpaired) electrons. The molecule has 2 fully saturated rings. The maximum absolute atomic E-state index is 12.9. The number of piperidine rings is 1. The van der Waals surface area contributed by atoms with Gasteiger partial charge in [0.2, 0.25) is 11.8 Å². The van der Waals surface area contributed by atoms with Crippen LogP contribution in [0.4, 0.5) is 0 Å². The predicted octanol–water partition coefficient (Wildman–Crippen LogP) is 2.70. The van der Waals surface area contributed by atoms with E-state index in [1.54, 1.807) is 6.26 Å². The van der Waals surface area contributed by atoms with Crippen LogP contribution in [0.5, 0.6) is 0 Å². The van der Waals surface area contributed by atoms with Crippen molar-refractivity contribution < 1.29 is 14.0 Å². The van der Waals surface area contributed by atoms with E-state index in [4.69, 9.17) is 4.42 Å². The number of amides is 2. The van der Waals surface area contributed by atoms with Crippen LogP contribution in [0.15, 0.2) is 22.8 Å². The third-order valence-corrected chi connectivity index (χ3v) is 6.50. The third-order valence-electron chi connectivity index (χ3n) is 6.50. The molecule has 2 unspecified atom stereocenters. The zero-order valence-corrected chi connectivity index (χ0v) is 17.4. The van der Waals surface area contributed by atoms with E-state index < -0.39 is 0 Å². The van der Waals surface area contributed by atoms with Crippen molar-refractivity contribution in [2.75, 3.05) is 26.2 Å². The number of nitrogens with zero attached hydrogens (tertiary/aromatic N) is 1. The summed E-state index contributed by atoms with van der Waals surface area (Å²) in [5.74, 6) is 0.560. The van der Waals surface area contributed by atoms with Crippen LogP contribution in [0.1, 0.15) is 42.4 Å². The van der Waals surface area contributed by atoms with E-state index in [1.807, 2.05) is 4.90 Å². The fraction of sp³-hybridized carbons (Fsp3) is 0.565. The molecule has 2 atom stereocenters. The number of furan rings is 1. The number of fused-ring (bicyclic) bond motifs is 1. The van der Waals surface area contributed by atoms with Crippen molar-refractivity contribution >= 4 is 22.8 Å². The minimum Gasteiger partial charge on any atom is -0.464 e. The fourth-order valence-electron chi connectivity index (χ4n) is 4.53. The molecule has 29 heavy (non-hydrogen) atoms. The Labute approximate surface area is 172 Å². The van der Waals surface area contributed by atoms with Crippen LogP contribution in [0.2, 0.25) is 0 Å². The summed E-state index contributed by atoms with van der Waals surface area (Å²) in [5.41, 5.74) is 4.16. The molecule has 0 saturated carbocycles. The Balaban J connectivity index is 1.34. The lowest BCUT2D eigenvalue weighted by molar-refractivity contribution is -0.132. The zero-order valence-electron chi connectivity index (χ0n) is 17.4. The molecular weight excluding hydrogens is 366 g/mol. The van der Waals surface area contributed by atoms with Gasteiger partial charge in [-0.2, -0.15) is 0 Å². The van der Waals surface area contributed by atoms with Gasteiger partial charge >= 0.3 is 0 Å². The summed E-state index contributed by atoms with van der Waals surface area (Å²) in [7, 11) is 0. The number of carbonyl (C=O) groups is 2. The highest BCUT2D eigenvalue weighted by Gasteiger charge is 2.27. The van der Waals surface area contributed by atoms with Gasteiger partial charge in [-0.05, 0) is 63.1 Å². The van der Waals surface area contributed by atoms with Crippen LogP contribution >= 0.6 is 0 Å². The average Bonchev–Trinajstić information content (AvgIpc) is 3.40. The molecule has 6 nitrogen and oxygen atoms in total. The standard InChI is InChI=1S/C23H31N3O3/c1-15-7-8-19-18(14-29-22(19)16(15)2)11-21(27)26-10-4-5-17(13-26)12-25-23(28)20-6-3-9-24-20/h7-8,14,17,20,24H,3-6,9-13H2,1-2H3,(H,25,28). The summed E-state index contributed by atoms with van der Waals surface area (Å²) in [6.07, 6.45) is 6.10. The average molecular weight is 398 g/mol. The second-order valence-corrected chi connectivity index (χ2v) is 8.56. The van der Waals surface area contributed by atoms with Gasteiger partial charge < -0.3 is 20.0 Å². The van der Waals surface area contributed by atoms with Gasteiger partial charge in [0, 0.05) is 30.6 Å². The van der Waals surface area contributed by atoms with Gasteiger partial charge in [0.05, 0.1) is 18.7 Å². The van der Waals surface area contributed by atoms with Gasteiger partial charge in [0.25, 0.3) is 0 Å². The molecule has 2 aliphatic heterocycles. The van der Waals surface area contributed by atoms with Crippen molar-refractivity contribution in [3.05, 3.63) is 35.1 Å². The van der Waals surface area contributed by atoms with Crippen LogP contribution in [-0.4, -0.2) is 48.9 Å². The molecule has 0 aliphatic carbocycles. The number of aryl methyl sites for hydroxylation is 2. The van der Waals surface area contributed by atoms with Crippen LogP contribution in [0.25, 0.3) is 11.0 Å². The lowest BCUT2D eigenvalue weighted by Crippen LogP contribution is -2.47. The maximum atomic E-state index is 12.9. The molecule has 2 aliphatic rings. The summed E-state index contributed by atoms with van der Waals surface area (Å²) in [6.45, 7) is 7.20. The van der Waals surface area contributed by atoms with Gasteiger partial charge in [0.15, 0.2) is 0 Å². The predicted molar refractivity (Wildman–Crippen MR) is 113 cm³/mol. The second kappa shape index (κ2) is 8.57. The van der Waals surface area contributed by atoms with Crippen molar-refractivity contribution in [2.45, 2.75) is 52.0 Å². The van der Waals surface area contributed by atoms with Crippen LogP contribution in [0.3, 0.4) is 0 Å². The molecule has 2 aromatic rings. The molecular formula is C23H31N3O3. The smallest absolute Gasteiger partial charge is 0.237 e. The first-order valence-electron chi connectivity index (χ1n) is 10.8. The second-order valence-electron chi connectivity index (χ2n) is 8.56. The number of carbonyl (C=O) groups excluding carboxylic acids is 2. The topological polar surface area (TPSA) is 74.6 Å². The number of hydrogen-bond acceptors (Lipinski definition) is 4. The van der Waals surface area contributed by atoms with E-state index in [0.717, 1.165) is 60.9 Å². The zero-order chi connectivity index (χ0) is 20.4. The van der Waals surface area contributed by atoms with Gasteiger partial charge in [-0.15, -0.1) is 0 Å². The molecule has 2 saturated heterocycles. The van der Waals surface area contributed by atoms with Crippen LogP contribution < -0.4 is 10.6 Å². The molecule has 3 heterocycles. The molecule has 0 spiro atoms. The summed E-state index contributed by atoms with van der Waals surface area (Å²) >= 11 is 0. The number of rotatable bonds is 5. The Morgan fingerprint density at radius 3 is 2.90 bits per heavy atom. The van der Waals surface area contributed by atoms with E-state index in [9.17, 15) is 9.59 Å². The minimum atomic E-state index is -0.0437. The third kappa shape index (κ3) is 4.32. The summed E-state index contributed by atoms with van der Waals surface area (Å²) < 4.78 is 5.76. The Bertz CT molecular complexity index is 898. The largest absolute Gasteiger partial charge is 0.464 e. The maximum Gasteiger partial charge on any atom is 0.237 e. The van der Waals surface area contributed by atoms with Gasteiger partial charge in [-0.1, -0.05) is 12.1 Å². The summed E-state index contributed by atoms with van der Waals surface area (Å²) in [6, 6.07) is 4.09. The van der Waals surface area contributed by atoms with Crippen molar-refractivity contribution in [2.24, 2.45) is 5.92 Å². The molecule has 2 N–H and O–H groups in total. The highest BCUT2D eigenvalue weighted by atomic mass is 16.3. The van der Waals surface area contributed by atoms with E-state index >= 15 is 0 Å². The van der Waals surface area contributed by atoms with Crippen molar-refractivity contribution in [3.63, 3.8) is 0 Å². The molecule has 156 valence electrons. The quantitative estimate of drug-likeness (QED) is 0.814. The highest BCUT2D eigenvalue weighted by molar-refractivity contribution is 5.89. The van der Waals surface area contributed by atoms with Gasteiger partial charge in [-0.25, -0.2) is 0 Å². The molecule has 2 amide bonds. The van der Waals surface area contributed by atoms with E-state index in [2.05, 4.69) is 36.6 Å². The number of likely N-dealkylation sites (tertiary alicyclic amines) is 1. The SMILES string of the molecule is Cc1ccc2c(CC(=O)N3CCCC(CNC(=O)C4CCCN4)C3)coc2c1C. The molecule has 0 bridgehead atoms. The van der Waals surface area contributed by atoms with Crippen molar-refractivity contribution in [1.82, 2.24) is 15.5 Å². The number of hydrogen-bond donors (Lipinski definition) is 2. The van der Waals surface area contributed by atoms with Gasteiger partial charge in [0.1, 0.15) is 5.58 Å². The minimum absolute atomic E-state index is 0.0437. The highest BCUT2D eigenvalue weighted by Crippen LogP contribution is 2.27. The first-order chi connectivity index (χ1) is 14.0. The lowest BCUT2D eigenvalue weighted by Gasteiger charge is -2.33. The summed E-state index contributed by atoms with van der Waals surface area (Å²) in [5, 5.41) is 7.35. The van der Waals surface area contributed by atoms with Crippen LogP contribution in [-0.2, 0) is 16.0 Å². The Morgan fingerprint density at radius 2 is 2.10 bits per heavy atom. The first-order valence-corrected chi connectivity index (χ1v) is 10.8. The molecule has 1 aromatic heterocycles. The van der Waals surface area contributed by atoms with E-state index in [-0.39, 0.29) is 17.9 Å². The normalized spacial score (nSPS) is 22.2. The fourth-order valence-corrected chi connectivity index (χ4v) is 4.53. The monoisotopic (exact) mass is 397 g/mol. The van der Waals surface area contributed by atoms with E-state index in [1.165, 1.54) is 5.56 Å². The molecule has 4 rings (SSSR count).